The van der Waals surface area contributed by atoms with Gasteiger partial charge >= 0.3 is 0 Å². The van der Waals surface area contributed by atoms with Gasteiger partial charge in [-0.15, -0.1) is 0 Å². The summed E-state index contributed by atoms with van der Waals surface area (Å²) in [5.74, 6) is 0.330. The average molecular weight is 213 g/mol. The molecule has 0 radical (unpaired) electrons. The van der Waals surface area contributed by atoms with E-state index in [0.29, 0.717) is 13.0 Å². The zero-order valence-corrected chi connectivity index (χ0v) is 10.3. The van der Waals surface area contributed by atoms with Crippen LogP contribution in [0.5, 0.6) is 0 Å². The smallest absolute Gasteiger partial charge is 0.226 e. The maximum atomic E-state index is 12.2. The molecule has 0 saturated carbocycles. The van der Waals surface area contributed by atoms with Crippen molar-refractivity contribution < 1.29 is 9.90 Å². The van der Waals surface area contributed by atoms with Crippen molar-refractivity contribution >= 4 is 5.91 Å². The third kappa shape index (κ3) is 2.51. The predicted molar refractivity (Wildman–Crippen MR) is 60.5 cm³/mol. The molecule has 1 rings (SSSR count). The van der Waals surface area contributed by atoms with Crippen molar-refractivity contribution in [2.45, 2.75) is 58.6 Å². The molecule has 15 heavy (non-hydrogen) atoms. The van der Waals surface area contributed by atoms with Crippen LogP contribution in [0.4, 0.5) is 0 Å². The molecule has 0 bridgehead atoms. The molecule has 0 aromatic carbocycles. The Labute approximate surface area is 92.5 Å². The molecule has 0 aliphatic carbocycles. The summed E-state index contributed by atoms with van der Waals surface area (Å²) in [5, 5.41) is 9.62. The van der Waals surface area contributed by atoms with Crippen molar-refractivity contribution in [2.75, 3.05) is 6.54 Å². The van der Waals surface area contributed by atoms with E-state index in [2.05, 4.69) is 0 Å². The van der Waals surface area contributed by atoms with Gasteiger partial charge in [-0.3, -0.25) is 4.79 Å². The second-order valence-electron chi connectivity index (χ2n) is 5.13. The van der Waals surface area contributed by atoms with E-state index in [1.165, 1.54) is 0 Å². The van der Waals surface area contributed by atoms with Crippen LogP contribution >= 0.6 is 0 Å². The van der Waals surface area contributed by atoms with Crippen LogP contribution in [0.3, 0.4) is 0 Å². The van der Waals surface area contributed by atoms with Gasteiger partial charge in [0.2, 0.25) is 5.91 Å². The number of likely N-dealkylation sites (tertiary alicyclic amines) is 1. The minimum absolute atomic E-state index is 0.120. The van der Waals surface area contributed by atoms with Crippen LogP contribution < -0.4 is 0 Å². The summed E-state index contributed by atoms with van der Waals surface area (Å²) < 4.78 is 0. The molecule has 3 heteroatoms. The first-order chi connectivity index (χ1) is 6.92. The summed E-state index contributed by atoms with van der Waals surface area (Å²) in [6, 6.07) is 0. The van der Waals surface area contributed by atoms with Crippen molar-refractivity contribution in [1.82, 2.24) is 4.90 Å². The molecule has 0 aromatic heterocycles. The SMILES string of the molecule is CCC(CC)C(=O)N1CC(O)CC1(C)C. The molecule has 3 nitrogen and oxygen atoms in total. The fourth-order valence-corrected chi connectivity index (χ4v) is 2.46. The van der Waals surface area contributed by atoms with Gasteiger partial charge in [0.15, 0.2) is 0 Å². The number of β-amino-alcohol motifs (C(OH)–C–C–N with tert-alkyl or cyclic N) is 1. The van der Waals surface area contributed by atoms with E-state index in [1.807, 2.05) is 32.6 Å². The second-order valence-corrected chi connectivity index (χ2v) is 5.13. The third-order valence-corrected chi connectivity index (χ3v) is 3.46. The van der Waals surface area contributed by atoms with Gasteiger partial charge in [0.25, 0.3) is 0 Å². The first-order valence-electron chi connectivity index (χ1n) is 5.92. The zero-order valence-electron chi connectivity index (χ0n) is 10.3. The van der Waals surface area contributed by atoms with Gasteiger partial charge in [-0.2, -0.15) is 0 Å². The second kappa shape index (κ2) is 4.52. The summed E-state index contributed by atoms with van der Waals surface area (Å²) in [7, 11) is 0. The summed E-state index contributed by atoms with van der Waals surface area (Å²) >= 11 is 0. The Balaban J connectivity index is 2.75. The van der Waals surface area contributed by atoms with E-state index in [-0.39, 0.29) is 23.5 Å². The maximum absolute atomic E-state index is 12.2. The minimum atomic E-state index is -0.349. The Bertz CT molecular complexity index is 234. The Kier molecular flexibility index (Phi) is 3.77. The van der Waals surface area contributed by atoms with Crippen LogP contribution in [0.1, 0.15) is 47.0 Å². The lowest BCUT2D eigenvalue weighted by Gasteiger charge is -2.33. The highest BCUT2D eigenvalue weighted by atomic mass is 16.3. The van der Waals surface area contributed by atoms with E-state index in [4.69, 9.17) is 0 Å². The monoisotopic (exact) mass is 213 g/mol. The van der Waals surface area contributed by atoms with Crippen LogP contribution in [-0.4, -0.2) is 34.1 Å². The van der Waals surface area contributed by atoms with Gasteiger partial charge in [-0.05, 0) is 33.1 Å². The highest BCUT2D eigenvalue weighted by Crippen LogP contribution is 2.31. The van der Waals surface area contributed by atoms with E-state index >= 15 is 0 Å². The zero-order chi connectivity index (χ0) is 11.6. The number of nitrogens with zero attached hydrogens (tertiary/aromatic N) is 1. The van der Waals surface area contributed by atoms with Crippen molar-refractivity contribution in [3.05, 3.63) is 0 Å². The van der Waals surface area contributed by atoms with Crippen LogP contribution in [0.2, 0.25) is 0 Å². The number of aliphatic hydroxyl groups is 1. The molecule has 1 N–H and O–H groups in total. The molecule has 0 aromatic rings. The molecule has 1 atom stereocenters. The van der Waals surface area contributed by atoms with Crippen molar-refractivity contribution in [3.63, 3.8) is 0 Å². The molecule has 1 unspecified atom stereocenters. The molecule has 0 spiro atoms. The van der Waals surface area contributed by atoms with Crippen LogP contribution in [0.25, 0.3) is 0 Å². The highest BCUT2D eigenvalue weighted by molar-refractivity contribution is 5.80. The topological polar surface area (TPSA) is 40.5 Å². The Morgan fingerprint density at radius 2 is 2.00 bits per heavy atom. The molecule has 1 fully saturated rings. The number of amides is 1. The van der Waals surface area contributed by atoms with Gasteiger partial charge in [-0.1, -0.05) is 13.8 Å². The third-order valence-electron chi connectivity index (χ3n) is 3.46. The Morgan fingerprint density at radius 1 is 1.47 bits per heavy atom. The maximum Gasteiger partial charge on any atom is 0.226 e. The molecule has 1 amide bonds. The van der Waals surface area contributed by atoms with Crippen molar-refractivity contribution in [3.8, 4) is 0 Å². The normalized spacial score (nSPS) is 24.9. The number of carbonyl (C=O) groups is 1. The number of hydrogen-bond donors (Lipinski definition) is 1. The molecule has 1 heterocycles. The molecule has 88 valence electrons. The van der Waals surface area contributed by atoms with Crippen LogP contribution in [-0.2, 0) is 4.79 Å². The number of rotatable bonds is 3. The van der Waals surface area contributed by atoms with E-state index in [1.54, 1.807) is 0 Å². The quantitative estimate of drug-likeness (QED) is 0.776. The molecular weight excluding hydrogens is 190 g/mol. The average Bonchev–Trinajstić information content (AvgIpc) is 2.41. The standard InChI is InChI=1S/C12H23NO2/c1-5-9(6-2)11(15)13-8-10(14)7-12(13,3)4/h9-10,14H,5-8H2,1-4H3. The molecule has 1 saturated heterocycles. The number of hydrogen-bond acceptors (Lipinski definition) is 2. The first-order valence-corrected chi connectivity index (χ1v) is 5.92. The fraction of sp³-hybridized carbons (Fsp3) is 0.917. The summed E-state index contributed by atoms with van der Waals surface area (Å²) in [6.45, 7) is 8.66. The van der Waals surface area contributed by atoms with E-state index < -0.39 is 0 Å². The van der Waals surface area contributed by atoms with Gasteiger partial charge in [-0.25, -0.2) is 0 Å². The largest absolute Gasteiger partial charge is 0.391 e. The van der Waals surface area contributed by atoms with Gasteiger partial charge in [0.1, 0.15) is 0 Å². The van der Waals surface area contributed by atoms with E-state index in [9.17, 15) is 9.90 Å². The predicted octanol–water partition coefficient (Wildman–Crippen LogP) is 1.79. The first kappa shape index (κ1) is 12.5. The number of carbonyl (C=O) groups excluding carboxylic acids is 1. The van der Waals surface area contributed by atoms with E-state index in [0.717, 1.165) is 12.8 Å². The van der Waals surface area contributed by atoms with Crippen LogP contribution in [0, 0.1) is 5.92 Å². The lowest BCUT2D eigenvalue weighted by atomic mass is 9.97. The van der Waals surface area contributed by atoms with Gasteiger partial charge in [0.05, 0.1) is 6.10 Å². The highest BCUT2D eigenvalue weighted by Gasteiger charge is 2.41. The number of aliphatic hydroxyl groups excluding tert-OH is 1. The van der Waals surface area contributed by atoms with Crippen molar-refractivity contribution in [1.29, 1.82) is 0 Å². The molecular formula is C12H23NO2. The van der Waals surface area contributed by atoms with Gasteiger partial charge in [0, 0.05) is 18.0 Å². The summed E-state index contributed by atoms with van der Waals surface area (Å²) in [4.78, 5) is 14.0. The fourth-order valence-electron chi connectivity index (χ4n) is 2.46. The summed E-state index contributed by atoms with van der Waals surface area (Å²) in [6.07, 6.45) is 2.12. The van der Waals surface area contributed by atoms with Gasteiger partial charge < -0.3 is 10.0 Å². The Hall–Kier alpha value is -0.570. The lowest BCUT2D eigenvalue weighted by molar-refractivity contribution is -0.139. The minimum Gasteiger partial charge on any atom is -0.391 e. The van der Waals surface area contributed by atoms with Crippen molar-refractivity contribution in [2.24, 2.45) is 5.92 Å². The molecule has 1 aliphatic heterocycles. The lowest BCUT2D eigenvalue weighted by Crippen LogP contribution is -2.45. The molecule has 1 aliphatic rings. The van der Waals surface area contributed by atoms with Crippen LogP contribution in [0.15, 0.2) is 0 Å². The summed E-state index contributed by atoms with van der Waals surface area (Å²) in [5.41, 5.74) is -0.181. The Morgan fingerprint density at radius 3 is 2.33 bits per heavy atom.